The predicted molar refractivity (Wildman–Crippen MR) is 121 cm³/mol. The van der Waals surface area contributed by atoms with Crippen LogP contribution in [0.15, 0.2) is 47.0 Å². The summed E-state index contributed by atoms with van der Waals surface area (Å²) in [4.78, 5) is 19.4. The fraction of sp³-hybridized carbons (Fsp3) is 0.375. The number of hydrogen-bond donors (Lipinski definition) is 1. The zero-order chi connectivity index (χ0) is 22.5. The van der Waals surface area contributed by atoms with Gasteiger partial charge in [-0.05, 0) is 62.7 Å². The second-order valence-electron chi connectivity index (χ2n) is 7.94. The molecule has 1 saturated heterocycles. The molecule has 2 heterocycles. The van der Waals surface area contributed by atoms with E-state index in [9.17, 15) is 4.79 Å². The Bertz CT molecular complexity index is 1070. The quantitative estimate of drug-likeness (QED) is 0.600. The molecule has 0 spiro atoms. The Hall–Kier alpha value is -3.39. The van der Waals surface area contributed by atoms with Crippen LogP contribution in [0.2, 0.25) is 0 Å². The van der Waals surface area contributed by atoms with Gasteiger partial charge >= 0.3 is 0 Å². The molecule has 0 unspecified atom stereocenters. The van der Waals surface area contributed by atoms with Gasteiger partial charge in [0.05, 0.1) is 20.8 Å². The first-order valence-electron chi connectivity index (χ1n) is 10.7. The molecule has 8 heteroatoms. The highest BCUT2D eigenvalue weighted by atomic mass is 16.5. The molecule has 3 aromatic rings. The van der Waals surface area contributed by atoms with Crippen molar-refractivity contribution in [1.82, 2.24) is 15.0 Å². The van der Waals surface area contributed by atoms with E-state index in [-0.39, 0.29) is 11.8 Å². The molecule has 2 aromatic carbocycles. The van der Waals surface area contributed by atoms with Gasteiger partial charge in [0.1, 0.15) is 0 Å². The summed E-state index contributed by atoms with van der Waals surface area (Å²) in [7, 11) is 3.19. The van der Waals surface area contributed by atoms with Crippen molar-refractivity contribution in [2.45, 2.75) is 26.3 Å². The zero-order valence-electron chi connectivity index (χ0n) is 18.6. The molecule has 1 amide bonds. The van der Waals surface area contributed by atoms with Crippen molar-refractivity contribution in [3.05, 3.63) is 53.9 Å². The number of carbonyl (C=O) groups excluding carboxylic acids is 1. The molecule has 1 aromatic heterocycles. The number of carbonyl (C=O) groups is 1. The van der Waals surface area contributed by atoms with E-state index in [0.717, 1.165) is 42.7 Å². The van der Waals surface area contributed by atoms with Crippen molar-refractivity contribution in [2.75, 3.05) is 32.6 Å². The Kier molecular flexibility index (Phi) is 6.70. The molecule has 0 bridgehead atoms. The monoisotopic (exact) mass is 436 g/mol. The number of hydrogen-bond acceptors (Lipinski definition) is 7. The van der Waals surface area contributed by atoms with Gasteiger partial charge in [-0.15, -0.1) is 0 Å². The minimum Gasteiger partial charge on any atom is -0.493 e. The number of aromatic nitrogens is 2. The summed E-state index contributed by atoms with van der Waals surface area (Å²) in [5.41, 5.74) is 2.75. The summed E-state index contributed by atoms with van der Waals surface area (Å²) < 4.78 is 16.1. The summed E-state index contributed by atoms with van der Waals surface area (Å²) in [5, 5.41) is 7.17. The van der Waals surface area contributed by atoms with Gasteiger partial charge in [0, 0.05) is 17.2 Å². The van der Waals surface area contributed by atoms with Crippen LogP contribution in [0.1, 0.15) is 24.3 Å². The Balaban J connectivity index is 1.32. The fourth-order valence-corrected chi connectivity index (χ4v) is 3.90. The molecule has 32 heavy (non-hydrogen) atoms. The molecule has 1 N–H and O–H groups in total. The second kappa shape index (κ2) is 9.82. The number of nitrogens with one attached hydrogen (secondary N) is 1. The Morgan fingerprint density at radius 1 is 1.12 bits per heavy atom. The van der Waals surface area contributed by atoms with Gasteiger partial charge in [-0.3, -0.25) is 9.69 Å². The molecule has 1 fully saturated rings. The molecule has 0 atom stereocenters. The van der Waals surface area contributed by atoms with E-state index in [1.165, 1.54) is 0 Å². The highest BCUT2D eigenvalue weighted by molar-refractivity contribution is 5.93. The maximum Gasteiger partial charge on any atom is 0.241 e. The smallest absolute Gasteiger partial charge is 0.241 e. The molecule has 4 rings (SSSR count). The summed E-state index contributed by atoms with van der Waals surface area (Å²) in [6, 6.07) is 13.4. The number of para-hydroxylation sites is 1. The van der Waals surface area contributed by atoms with E-state index in [2.05, 4.69) is 20.4 Å². The number of likely N-dealkylation sites (tertiary alicyclic amines) is 1. The van der Waals surface area contributed by atoms with Crippen LogP contribution < -0.4 is 14.8 Å². The summed E-state index contributed by atoms with van der Waals surface area (Å²) >= 11 is 0. The maximum absolute atomic E-state index is 12.7. The topological polar surface area (TPSA) is 89.7 Å². The molecule has 168 valence electrons. The number of nitrogens with zero attached hydrogens (tertiary/aromatic N) is 3. The van der Waals surface area contributed by atoms with Crippen molar-refractivity contribution >= 4 is 11.6 Å². The molecule has 0 radical (unpaired) electrons. The Labute approximate surface area is 187 Å². The lowest BCUT2D eigenvalue weighted by Gasteiger charge is -2.30. The number of benzene rings is 2. The summed E-state index contributed by atoms with van der Waals surface area (Å²) in [5.74, 6) is 2.42. The van der Waals surface area contributed by atoms with E-state index >= 15 is 0 Å². The minimum absolute atomic E-state index is 0.0101. The molecule has 0 aliphatic carbocycles. The van der Waals surface area contributed by atoms with Gasteiger partial charge in [-0.2, -0.15) is 4.98 Å². The normalized spacial score (nSPS) is 14.8. The second-order valence-corrected chi connectivity index (χ2v) is 7.94. The number of aryl methyl sites for hydroxylation is 1. The predicted octanol–water partition coefficient (Wildman–Crippen LogP) is 3.91. The van der Waals surface area contributed by atoms with Crippen LogP contribution in [-0.2, 0) is 11.3 Å². The van der Waals surface area contributed by atoms with Crippen LogP contribution in [0.4, 0.5) is 5.69 Å². The number of methoxy groups -OCH3 is 2. The largest absolute Gasteiger partial charge is 0.493 e. The molecular formula is C24H28N4O4. The highest BCUT2D eigenvalue weighted by Gasteiger charge is 2.26. The first-order valence-corrected chi connectivity index (χ1v) is 10.7. The van der Waals surface area contributed by atoms with E-state index in [1.807, 2.05) is 49.4 Å². The van der Waals surface area contributed by atoms with Crippen molar-refractivity contribution < 1.29 is 18.8 Å². The number of piperidine rings is 1. The third-order valence-corrected chi connectivity index (χ3v) is 5.83. The number of anilines is 1. The van der Waals surface area contributed by atoms with Crippen LogP contribution >= 0.6 is 0 Å². The van der Waals surface area contributed by atoms with Gasteiger partial charge in [0.25, 0.3) is 0 Å². The third-order valence-electron chi connectivity index (χ3n) is 5.83. The number of rotatable bonds is 7. The van der Waals surface area contributed by atoms with E-state index in [1.54, 1.807) is 14.2 Å². The van der Waals surface area contributed by atoms with Gasteiger partial charge in [0.2, 0.25) is 17.6 Å². The number of amides is 1. The number of ether oxygens (including phenoxy) is 2. The molecule has 0 saturated carbocycles. The average Bonchev–Trinajstić information content (AvgIpc) is 3.29. The van der Waals surface area contributed by atoms with E-state index in [0.29, 0.717) is 29.8 Å². The molecule has 1 aliphatic rings. The molecule has 8 nitrogen and oxygen atoms in total. The Morgan fingerprint density at radius 3 is 2.59 bits per heavy atom. The summed E-state index contributed by atoms with van der Waals surface area (Å²) in [6.07, 6.45) is 1.60. The molecular weight excluding hydrogens is 408 g/mol. The van der Waals surface area contributed by atoms with Crippen LogP contribution in [-0.4, -0.2) is 48.3 Å². The molecule has 1 aliphatic heterocycles. The minimum atomic E-state index is 0.0101. The van der Waals surface area contributed by atoms with Crippen LogP contribution in [0.25, 0.3) is 11.4 Å². The van der Waals surface area contributed by atoms with Crippen molar-refractivity contribution in [2.24, 2.45) is 5.92 Å². The zero-order valence-corrected chi connectivity index (χ0v) is 18.6. The van der Waals surface area contributed by atoms with Gasteiger partial charge < -0.3 is 19.3 Å². The highest BCUT2D eigenvalue weighted by Crippen LogP contribution is 2.31. The SMILES string of the molecule is COc1ccc(-c2noc(CN3CCC(C(=O)Nc4ccccc4C)CC3)n2)cc1OC. The first kappa shape index (κ1) is 21.8. The standard InChI is InChI=1S/C24H28N4O4/c1-16-6-4-5-7-19(16)25-24(29)17-10-12-28(13-11-17)15-22-26-23(27-32-22)18-8-9-20(30-2)21(14-18)31-3/h4-9,14,17H,10-13,15H2,1-3H3,(H,25,29). The van der Waals surface area contributed by atoms with Crippen molar-refractivity contribution in [1.29, 1.82) is 0 Å². The van der Waals surface area contributed by atoms with Crippen molar-refractivity contribution in [3.8, 4) is 22.9 Å². The first-order chi connectivity index (χ1) is 15.6. The third kappa shape index (κ3) is 4.91. The fourth-order valence-electron chi connectivity index (χ4n) is 3.90. The van der Waals surface area contributed by atoms with Crippen LogP contribution in [0, 0.1) is 12.8 Å². The van der Waals surface area contributed by atoms with Crippen LogP contribution in [0.3, 0.4) is 0 Å². The summed E-state index contributed by atoms with van der Waals surface area (Å²) in [6.45, 7) is 4.17. The maximum atomic E-state index is 12.7. The van der Waals surface area contributed by atoms with E-state index in [4.69, 9.17) is 14.0 Å². The lowest BCUT2D eigenvalue weighted by molar-refractivity contribution is -0.121. The van der Waals surface area contributed by atoms with Gasteiger partial charge in [-0.1, -0.05) is 23.4 Å². The van der Waals surface area contributed by atoms with E-state index < -0.39 is 0 Å². The van der Waals surface area contributed by atoms with Gasteiger partial charge in [0.15, 0.2) is 11.5 Å². The average molecular weight is 437 g/mol. The van der Waals surface area contributed by atoms with Crippen LogP contribution in [0.5, 0.6) is 11.5 Å². The Morgan fingerprint density at radius 2 is 1.88 bits per heavy atom. The lowest BCUT2D eigenvalue weighted by Crippen LogP contribution is -2.37. The lowest BCUT2D eigenvalue weighted by atomic mass is 9.95. The van der Waals surface area contributed by atoms with Gasteiger partial charge in [-0.25, -0.2) is 0 Å². The van der Waals surface area contributed by atoms with Crippen molar-refractivity contribution in [3.63, 3.8) is 0 Å².